The average Bonchev–Trinajstić information content (AvgIpc) is 3.60. The molecule has 0 bridgehead atoms. The van der Waals surface area contributed by atoms with E-state index in [1.807, 2.05) is 18.3 Å². The lowest BCUT2D eigenvalue weighted by Crippen LogP contribution is -2.37. The summed E-state index contributed by atoms with van der Waals surface area (Å²) in [4.78, 5) is 12.2. The van der Waals surface area contributed by atoms with E-state index in [4.69, 9.17) is 9.47 Å². The van der Waals surface area contributed by atoms with Crippen molar-refractivity contribution in [2.24, 2.45) is 0 Å². The normalized spacial score (nSPS) is 23.1. The van der Waals surface area contributed by atoms with Gasteiger partial charge in [0.2, 0.25) is 0 Å². The molecule has 36 heavy (non-hydrogen) atoms. The standard InChI is InChI=1S/C28H30FN3O4/c1-16-11-20(3-4-22(16)29)32-24-12-19-15-30-31-23(19)13-21(24)25(26(32)17-6-9-36-10-7-17)18-5-8-28(14-18,35-2)27(33)34/h3-4,11-13,15,17-18H,5-10,14H2,1-2H3,(H,30,31)(H,33,34)/t18-,28+/m1/s1. The molecular formula is C28H30FN3O4. The number of aliphatic carboxylic acids is 1. The van der Waals surface area contributed by atoms with Crippen LogP contribution >= 0.6 is 0 Å². The maximum atomic E-state index is 14.3. The van der Waals surface area contributed by atoms with Gasteiger partial charge in [0.15, 0.2) is 5.60 Å². The first-order valence-electron chi connectivity index (χ1n) is 12.6. The highest BCUT2D eigenvalue weighted by molar-refractivity contribution is 5.99. The molecule has 2 fully saturated rings. The predicted molar refractivity (Wildman–Crippen MR) is 134 cm³/mol. The Morgan fingerprint density at radius 2 is 2.03 bits per heavy atom. The molecule has 2 aliphatic rings. The van der Waals surface area contributed by atoms with Crippen molar-refractivity contribution in [1.29, 1.82) is 0 Å². The van der Waals surface area contributed by atoms with E-state index in [0.29, 0.717) is 31.6 Å². The first-order valence-corrected chi connectivity index (χ1v) is 12.6. The summed E-state index contributed by atoms with van der Waals surface area (Å²) in [5, 5.41) is 19.4. The minimum atomic E-state index is -1.18. The topological polar surface area (TPSA) is 89.4 Å². The minimum Gasteiger partial charge on any atom is -0.479 e. The van der Waals surface area contributed by atoms with Crippen LogP contribution in [0.1, 0.15) is 60.8 Å². The minimum absolute atomic E-state index is 0.0181. The molecule has 1 saturated carbocycles. The number of aryl methyl sites for hydroxylation is 1. The molecule has 0 radical (unpaired) electrons. The smallest absolute Gasteiger partial charge is 0.335 e. The Hall–Kier alpha value is -3.23. The van der Waals surface area contributed by atoms with Crippen LogP contribution in [0.3, 0.4) is 0 Å². The Balaban J connectivity index is 1.66. The van der Waals surface area contributed by atoms with Crippen LogP contribution in [0.5, 0.6) is 0 Å². The van der Waals surface area contributed by atoms with Crippen molar-refractivity contribution >= 4 is 27.8 Å². The van der Waals surface area contributed by atoms with Gasteiger partial charge in [0.1, 0.15) is 5.82 Å². The Kier molecular flexibility index (Phi) is 5.61. The van der Waals surface area contributed by atoms with Crippen LogP contribution < -0.4 is 0 Å². The molecule has 2 atom stereocenters. The highest BCUT2D eigenvalue weighted by Crippen LogP contribution is 2.50. The van der Waals surface area contributed by atoms with Gasteiger partial charge in [0.25, 0.3) is 0 Å². The third-order valence-corrected chi connectivity index (χ3v) is 8.27. The number of aromatic amines is 1. The van der Waals surface area contributed by atoms with Gasteiger partial charge >= 0.3 is 5.97 Å². The maximum Gasteiger partial charge on any atom is 0.335 e. The third kappa shape index (κ3) is 3.54. The lowest BCUT2D eigenvalue weighted by Gasteiger charge is -2.28. The number of fused-ring (bicyclic) bond motifs is 2. The van der Waals surface area contributed by atoms with Crippen LogP contribution in [-0.2, 0) is 14.3 Å². The number of carboxylic acids is 1. The summed E-state index contributed by atoms with van der Waals surface area (Å²) < 4.78 is 27.9. The number of methoxy groups -OCH3 is 1. The molecule has 0 amide bonds. The molecule has 8 heteroatoms. The van der Waals surface area contributed by atoms with Gasteiger partial charge < -0.3 is 19.1 Å². The fourth-order valence-corrected chi connectivity index (χ4v) is 6.34. The van der Waals surface area contributed by atoms with Gasteiger partial charge in [-0.05, 0) is 86.4 Å². The van der Waals surface area contributed by atoms with Gasteiger partial charge in [-0.1, -0.05) is 0 Å². The molecule has 0 unspecified atom stereocenters. The molecule has 2 aromatic heterocycles. The molecule has 1 aliphatic carbocycles. The fraction of sp³-hybridized carbons (Fsp3) is 0.429. The van der Waals surface area contributed by atoms with Crippen LogP contribution in [-0.4, -0.2) is 51.8 Å². The summed E-state index contributed by atoms with van der Waals surface area (Å²) in [6.45, 7) is 3.14. The number of hydrogen-bond donors (Lipinski definition) is 2. The first-order chi connectivity index (χ1) is 17.4. The zero-order valence-electron chi connectivity index (χ0n) is 20.5. The number of nitrogens with zero attached hydrogens (tertiary/aromatic N) is 2. The van der Waals surface area contributed by atoms with E-state index in [1.165, 1.54) is 24.4 Å². The van der Waals surface area contributed by atoms with E-state index in [2.05, 4.69) is 26.9 Å². The van der Waals surface area contributed by atoms with Crippen LogP contribution in [0.25, 0.3) is 27.5 Å². The van der Waals surface area contributed by atoms with Crippen molar-refractivity contribution in [1.82, 2.24) is 14.8 Å². The lowest BCUT2D eigenvalue weighted by molar-refractivity contribution is -0.161. The van der Waals surface area contributed by atoms with Crippen LogP contribution in [0.2, 0.25) is 0 Å². The molecule has 3 heterocycles. The zero-order chi connectivity index (χ0) is 25.0. The van der Waals surface area contributed by atoms with E-state index in [9.17, 15) is 14.3 Å². The summed E-state index contributed by atoms with van der Waals surface area (Å²) in [5.41, 5.74) is 4.63. The van der Waals surface area contributed by atoms with Crippen molar-refractivity contribution in [3.63, 3.8) is 0 Å². The monoisotopic (exact) mass is 491 g/mol. The van der Waals surface area contributed by atoms with Gasteiger partial charge in [-0.2, -0.15) is 5.10 Å². The van der Waals surface area contributed by atoms with Crippen molar-refractivity contribution in [3.8, 4) is 5.69 Å². The van der Waals surface area contributed by atoms with Gasteiger partial charge in [0.05, 0.1) is 17.2 Å². The van der Waals surface area contributed by atoms with Gasteiger partial charge in [-0.25, -0.2) is 9.18 Å². The fourth-order valence-electron chi connectivity index (χ4n) is 6.34. The lowest BCUT2D eigenvalue weighted by atomic mass is 9.85. The second-order valence-electron chi connectivity index (χ2n) is 10.2. The van der Waals surface area contributed by atoms with E-state index < -0.39 is 11.6 Å². The molecule has 2 aromatic carbocycles. The van der Waals surface area contributed by atoms with Gasteiger partial charge in [-0.15, -0.1) is 0 Å². The highest BCUT2D eigenvalue weighted by atomic mass is 19.1. The molecule has 2 N–H and O–H groups in total. The quantitative estimate of drug-likeness (QED) is 0.380. The number of carboxylic acid groups (broad SMARTS) is 1. The molecule has 0 spiro atoms. The summed E-state index contributed by atoms with van der Waals surface area (Å²) in [6.07, 6.45) is 5.17. The van der Waals surface area contributed by atoms with E-state index in [-0.39, 0.29) is 17.7 Å². The number of rotatable bonds is 5. The summed E-state index contributed by atoms with van der Waals surface area (Å²) in [5.74, 6) is -0.883. The largest absolute Gasteiger partial charge is 0.479 e. The van der Waals surface area contributed by atoms with Gasteiger partial charge in [0, 0.05) is 48.4 Å². The van der Waals surface area contributed by atoms with Crippen molar-refractivity contribution in [2.45, 2.75) is 56.5 Å². The summed E-state index contributed by atoms with van der Waals surface area (Å²) in [6, 6.07) is 9.52. The molecule has 1 aliphatic heterocycles. The van der Waals surface area contributed by atoms with E-state index in [1.54, 1.807) is 6.92 Å². The van der Waals surface area contributed by atoms with E-state index >= 15 is 0 Å². The average molecular weight is 492 g/mol. The SMILES string of the molecule is CO[C@@]1(C(=O)O)CC[C@@H](c2c(C3CCOCC3)n(-c3ccc(F)c(C)c3)c3cc4cn[nH]c4cc23)C1. The van der Waals surface area contributed by atoms with Crippen molar-refractivity contribution in [2.75, 3.05) is 20.3 Å². The number of nitrogens with one attached hydrogen (secondary N) is 1. The zero-order valence-corrected chi connectivity index (χ0v) is 20.5. The number of hydrogen-bond acceptors (Lipinski definition) is 4. The second kappa shape index (κ2) is 8.71. The molecule has 4 aromatic rings. The van der Waals surface area contributed by atoms with Gasteiger partial charge in [-0.3, -0.25) is 5.10 Å². The van der Waals surface area contributed by atoms with Crippen molar-refractivity contribution in [3.05, 3.63) is 59.2 Å². The number of carbonyl (C=O) groups is 1. The van der Waals surface area contributed by atoms with E-state index in [0.717, 1.165) is 46.8 Å². The third-order valence-electron chi connectivity index (χ3n) is 8.27. The van der Waals surface area contributed by atoms with Crippen molar-refractivity contribution < 1.29 is 23.8 Å². The number of aromatic nitrogens is 3. The second-order valence-corrected chi connectivity index (χ2v) is 10.2. The Labute approximate surface area is 208 Å². The first kappa shape index (κ1) is 23.2. The highest BCUT2D eigenvalue weighted by Gasteiger charge is 2.48. The predicted octanol–water partition coefficient (Wildman–Crippen LogP) is 5.59. The maximum absolute atomic E-state index is 14.3. The molecule has 1 saturated heterocycles. The molecule has 6 rings (SSSR count). The molecule has 7 nitrogen and oxygen atoms in total. The Bertz CT molecular complexity index is 1470. The Morgan fingerprint density at radius 1 is 1.22 bits per heavy atom. The van der Waals surface area contributed by atoms with Crippen LogP contribution in [0.15, 0.2) is 36.5 Å². The molecule has 188 valence electrons. The number of benzene rings is 2. The number of ether oxygens (including phenoxy) is 2. The van der Waals surface area contributed by atoms with Crippen LogP contribution in [0.4, 0.5) is 4.39 Å². The number of halogens is 1. The number of H-pyrrole nitrogens is 1. The summed E-state index contributed by atoms with van der Waals surface area (Å²) >= 11 is 0. The van der Waals surface area contributed by atoms with Crippen LogP contribution in [0, 0.1) is 12.7 Å². The Morgan fingerprint density at radius 3 is 2.72 bits per heavy atom. The molecular weight excluding hydrogens is 461 g/mol. The summed E-state index contributed by atoms with van der Waals surface area (Å²) in [7, 11) is 1.49.